The van der Waals surface area contributed by atoms with Crippen LogP contribution in [0.1, 0.15) is 25.8 Å². The van der Waals surface area contributed by atoms with Gasteiger partial charge in [-0.1, -0.05) is 24.3 Å². The number of fused-ring (bicyclic) bond motifs is 1. The smallest absolute Gasteiger partial charge is 0.326 e. The van der Waals surface area contributed by atoms with E-state index in [0.29, 0.717) is 17.8 Å². The summed E-state index contributed by atoms with van der Waals surface area (Å²) in [5.41, 5.74) is 2.00. The SMILES string of the molecule is Cc1ncc(C(=O)N2Cc3ccccc3CC2C(=O)O)s1. The van der Waals surface area contributed by atoms with Crippen molar-refractivity contribution in [1.82, 2.24) is 9.88 Å². The number of aryl methyl sites for hydroxylation is 1. The van der Waals surface area contributed by atoms with Crippen LogP contribution in [0.4, 0.5) is 0 Å². The van der Waals surface area contributed by atoms with Crippen molar-refractivity contribution in [2.24, 2.45) is 0 Å². The van der Waals surface area contributed by atoms with Gasteiger partial charge in [-0.15, -0.1) is 11.3 Å². The molecule has 0 saturated heterocycles. The fourth-order valence-corrected chi connectivity index (χ4v) is 3.29. The number of thiazole rings is 1. The third kappa shape index (κ3) is 2.54. The molecule has 1 aromatic carbocycles. The Hall–Kier alpha value is -2.21. The lowest BCUT2D eigenvalue weighted by Crippen LogP contribution is -2.48. The van der Waals surface area contributed by atoms with Gasteiger partial charge in [0, 0.05) is 13.0 Å². The van der Waals surface area contributed by atoms with Crippen LogP contribution < -0.4 is 0 Å². The Bertz CT molecular complexity index is 710. The number of rotatable bonds is 2. The van der Waals surface area contributed by atoms with E-state index in [1.165, 1.54) is 22.4 Å². The van der Waals surface area contributed by atoms with Gasteiger partial charge in [0.2, 0.25) is 0 Å². The van der Waals surface area contributed by atoms with Gasteiger partial charge < -0.3 is 10.0 Å². The van der Waals surface area contributed by atoms with E-state index in [2.05, 4.69) is 4.98 Å². The van der Waals surface area contributed by atoms with E-state index >= 15 is 0 Å². The van der Waals surface area contributed by atoms with E-state index < -0.39 is 12.0 Å². The average Bonchev–Trinajstić information content (AvgIpc) is 2.91. The molecular formula is C15H14N2O3S. The van der Waals surface area contributed by atoms with Crippen molar-refractivity contribution in [3.63, 3.8) is 0 Å². The minimum absolute atomic E-state index is 0.262. The van der Waals surface area contributed by atoms with Gasteiger partial charge in [-0.2, -0.15) is 0 Å². The molecule has 21 heavy (non-hydrogen) atoms. The van der Waals surface area contributed by atoms with Gasteiger partial charge >= 0.3 is 5.97 Å². The monoisotopic (exact) mass is 302 g/mol. The predicted octanol–water partition coefficient (Wildman–Crippen LogP) is 2.10. The maximum absolute atomic E-state index is 12.6. The number of aliphatic carboxylic acids is 1. The highest BCUT2D eigenvalue weighted by Gasteiger charge is 2.35. The first-order valence-corrected chi connectivity index (χ1v) is 7.41. The molecule has 1 N–H and O–H groups in total. The summed E-state index contributed by atoms with van der Waals surface area (Å²) < 4.78 is 0. The molecule has 1 aliphatic heterocycles. The molecule has 3 rings (SSSR count). The number of carbonyl (C=O) groups excluding carboxylic acids is 1. The normalized spacial score (nSPS) is 17.4. The number of hydrogen-bond donors (Lipinski definition) is 1. The summed E-state index contributed by atoms with van der Waals surface area (Å²) in [5, 5.41) is 10.2. The third-order valence-electron chi connectivity index (χ3n) is 3.63. The van der Waals surface area contributed by atoms with E-state index in [0.717, 1.165) is 16.1 Å². The number of aromatic nitrogens is 1. The second kappa shape index (κ2) is 5.29. The maximum Gasteiger partial charge on any atom is 0.326 e. The van der Waals surface area contributed by atoms with Gasteiger partial charge in [0.1, 0.15) is 10.9 Å². The second-order valence-electron chi connectivity index (χ2n) is 5.00. The summed E-state index contributed by atoms with van der Waals surface area (Å²) in [6, 6.07) is 6.83. The Morgan fingerprint density at radius 3 is 2.67 bits per heavy atom. The van der Waals surface area contributed by atoms with Gasteiger partial charge in [-0.3, -0.25) is 4.79 Å². The fraction of sp³-hybridized carbons (Fsp3) is 0.267. The fourth-order valence-electron chi connectivity index (χ4n) is 2.56. The molecule has 0 saturated carbocycles. The van der Waals surface area contributed by atoms with Crippen molar-refractivity contribution in [2.45, 2.75) is 25.9 Å². The third-order valence-corrected chi connectivity index (χ3v) is 4.53. The highest BCUT2D eigenvalue weighted by atomic mass is 32.1. The zero-order valence-electron chi connectivity index (χ0n) is 11.4. The van der Waals surface area contributed by atoms with Crippen LogP contribution in [-0.4, -0.2) is 32.9 Å². The highest BCUT2D eigenvalue weighted by Crippen LogP contribution is 2.26. The lowest BCUT2D eigenvalue weighted by atomic mass is 9.94. The summed E-state index contributed by atoms with van der Waals surface area (Å²) in [5.74, 6) is -1.23. The van der Waals surface area contributed by atoms with Crippen molar-refractivity contribution in [3.05, 3.63) is 51.5 Å². The largest absolute Gasteiger partial charge is 0.480 e. The van der Waals surface area contributed by atoms with Crippen LogP contribution in [0, 0.1) is 6.92 Å². The Labute approximate surface area is 125 Å². The van der Waals surface area contributed by atoms with E-state index in [1.807, 2.05) is 31.2 Å². The van der Waals surface area contributed by atoms with Gasteiger partial charge in [-0.05, 0) is 18.1 Å². The topological polar surface area (TPSA) is 70.5 Å². The molecule has 0 bridgehead atoms. The minimum atomic E-state index is -0.973. The van der Waals surface area contributed by atoms with Crippen LogP contribution in [0.15, 0.2) is 30.5 Å². The first kappa shape index (κ1) is 13.8. The molecule has 6 heteroatoms. The van der Waals surface area contributed by atoms with Crippen molar-refractivity contribution in [2.75, 3.05) is 0 Å². The Balaban J connectivity index is 1.96. The standard InChI is InChI=1S/C15H14N2O3S/c1-9-16-7-13(21-9)14(18)17-8-11-5-3-2-4-10(11)6-12(17)15(19)20/h2-5,7,12H,6,8H2,1H3,(H,19,20). The molecule has 2 aromatic rings. The van der Waals surface area contributed by atoms with Gasteiger partial charge in [0.25, 0.3) is 5.91 Å². The molecule has 1 aromatic heterocycles. The molecule has 108 valence electrons. The first-order chi connectivity index (χ1) is 10.1. The van der Waals surface area contributed by atoms with E-state index in [4.69, 9.17) is 0 Å². The maximum atomic E-state index is 12.6. The van der Waals surface area contributed by atoms with E-state index in [9.17, 15) is 14.7 Å². The van der Waals surface area contributed by atoms with Crippen molar-refractivity contribution in [3.8, 4) is 0 Å². The Morgan fingerprint density at radius 2 is 2.05 bits per heavy atom. The number of carboxylic acids is 1. The van der Waals surface area contributed by atoms with Crippen LogP contribution in [0.25, 0.3) is 0 Å². The number of benzene rings is 1. The first-order valence-electron chi connectivity index (χ1n) is 6.59. The number of hydrogen-bond acceptors (Lipinski definition) is 4. The van der Waals surface area contributed by atoms with Crippen LogP contribution >= 0.6 is 11.3 Å². The van der Waals surface area contributed by atoms with Crippen molar-refractivity contribution in [1.29, 1.82) is 0 Å². The van der Waals surface area contributed by atoms with Gasteiger partial charge in [0.05, 0.1) is 11.2 Å². The minimum Gasteiger partial charge on any atom is -0.480 e. The molecule has 0 spiro atoms. The second-order valence-corrected chi connectivity index (χ2v) is 6.24. The molecule has 1 unspecified atom stereocenters. The van der Waals surface area contributed by atoms with Crippen molar-refractivity contribution < 1.29 is 14.7 Å². The molecule has 1 amide bonds. The summed E-state index contributed by atoms with van der Waals surface area (Å²) in [6.45, 7) is 2.14. The van der Waals surface area contributed by atoms with Crippen LogP contribution in [-0.2, 0) is 17.8 Å². The molecule has 1 atom stereocenters. The zero-order chi connectivity index (χ0) is 15.0. The zero-order valence-corrected chi connectivity index (χ0v) is 12.3. The van der Waals surface area contributed by atoms with Crippen LogP contribution in [0.2, 0.25) is 0 Å². The molecule has 2 heterocycles. The molecular weight excluding hydrogens is 288 g/mol. The predicted molar refractivity (Wildman–Crippen MR) is 78.3 cm³/mol. The highest BCUT2D eigenvalue weighted by molar-refractivity contribution is 7.13. The Kier molecular flexibility index (Phi) is 3.47. The molecule has 0 aliphatic carbocycles. The van der Waals surface area contributed by atoms with Crippen molar-refractivity contribution >= 4 is 23.2 Å². The van der Waals surface area contributed by atoms with Crippen LogP contribution in [0.3, 0.4) is 0 Å². The van der Waals surface area contributed by atoms with Gasteiger partial charge in [0.15, 0.2) is 0 Å². The Morgan fingerprint density at radius 1 is 1.33 bits per heavy atom. The molecule has 0 fully saturated rings. The van der Waals surface area contributed by atoms with E-state index in [1.54, 1.807) is 0 Å². The van der Waals surface area contributed by atoms with E-state index in [-0.39, 0.29) is 5.91 Å². The summed E-state index contributed by atoms with van der Waals surface area (Å²) in [4.78, 5) is 30.1. The van der Waals surface area contributed by atoms with Gasteiger partial charge in [-0.25, -0.2) is 9.78 Å². The quantitative estimate of drug-likeness (QED) is 0.922. The molecule has 5 nitrogen and oxygen atoms in total. The summed E-state index contributed by atoms with van der Waals surface area (Å²) >= 11 is 1.29. The number of amides is 1. The summed E-state index contributed by atoms with van der Waals surface area (Å²) in [7, 11) is 0. The number of nitrogens with zero attached hydrogens (tertiary/aromatic N) is 2. The average molecular weight is 302 g/mol. The van der Waals surface area contributed by atoms with Crippen LogP contribution in [0.5, 0.6) is 0 Å². The molecule has 1 aliphatic rings. The number of carboxylic acid groups (broad SMARTS) is 1. The lowest BCUT2D eigenvalue weighted by molar-refractivity contribution is -0.142. The number of carbonyl (C=O) groups is 2. The molecule has 0 radical (unpaired) electrons. The lowest BCUT2D eigenvalue weighted by Gasteiger charge is -2.34. The summed E-state index contributed by atoms with van der Waals surface area (Å²) in [6.07, 6.45) is 1.86.